The molecule has 1 aromatic carbocycles. The van der Waals surface area contributed by atoms with E-state index in [1.807, 2.05) is 4.68 Å². The van der Waals surface area contributed by atoms with Crippen molar-refractivity contribution in [3.8, 4) is 0 Å². The zero-order valence-electron chi connectivity index (χ0n) is 14.9. The van der Waals surface area contributed by atoms with Crippen LogP contribution in [0.3, 0.4) is 0 Å². The molecule has 0 aliphatic carbocycles. The maximum Gasteiger partial charge on any atom is 0.137 e. The van der Waals surface area contributed by atoms with E-state index in [4.69, 9.17) is 0 Å². The van der Waals surface area contributed by atoms with Crippen LogP contribution >= 0.6 is 0 Å². The van der Waals surface area contributed by atoms with Gasteiger partial charge in [0.05, 0.1) is 6.54 Å². The highest BCUT2D eigenvalue weighted by atomic mass is 15.3. The Morgan fingerprint density at radius 3 is 2.60 bits per heavy atom. The lowest BCUT2D eigenvalue weighted by molar-refractivity contribution is 0.123. The van der Waals surface area contributed by atoms with Gasteiger partial charge in [-0.15, -0.1) is 0 Å². The molecule has 1 saturated heterocycles. The Kier molecular flexibility index (Phi) is 4.81. The average Bonchev–Trinajstić information content (AvgIpc) is 3.31. The van der Waals surface area contributed by atoms with Gasteiger partial charge in [-0.1, -0.05) is 12.1 Å². The van der Waals surface area contributed by atoms with E-state index >= 15 is 0 Å². The summed E-state index contributed by atoms with van der Waals surface area (Å²) in [6, 6.07) is 8.96. The summed E-state index contributed by atoms with van der Waals surface area (Å²) in [7, 11) is 0. The van der Waals surface area contributed by atoms with E-state index in [9.17, 15) is 0 Å². The number of rotatable bonds is 6. The topological polar surface area (TPSA) is 42.1 Å². The zero-order chi connectivity index (χ0) is 17.1. The summed E-state index contributed by atoms with van der Waals surface area (Å²) in [6.45, 7) is 10.7. The first-order chi connectivity index (χ1) is 12.3. The minimum Gasteiger partial charge on any atom is -0.348 e. The third-order valence-electron chi connectivity index (χ3n) is 5.22. The van der Waals surface area contributed by atoms with Crippen LogP contribution in [0.25, 0.3) is 10.9 Å². The second-order valence-electron chi connectivity index (χ2n) is 6.73. The molecule has 0 unspecified atom stereocenters. The van der Waals surface area contributed by atoms with Gasteiger partial charge in [0.1, 0.15) is 12.7 Å². The minimum absolute atomic E-state index is 0.920. The van der Waals surface area contributed by atoms with Crippen molar-refractivity contribution in [2.24, 2.45) is 0 Å². The third-order valence-corrected chi connectivity index (χ3v) is 5.22. The molecule has 2 aromatic heterocycles. The molecule has 3 heterocycles. The van der Waals surface area contributed by atoms with Crippen molar-refractivity contribution < 1.29 is 0 Å². The van der Waals surface area contributed by atoms with Crippen molar-refractivity contribution in [1.29, 1.82) is 0 Å². The first-order valence-corrected chi connectivity index (χ1v) is 9.17. The lowest BCUT2D eigenvalue weighted by Crippen LogP contribution is -2.46. The summed E-state index contributed by atoms with van der Waals surface area (Å²) in [6.07, 6.45) is 5.60. The van der Waals surface area contributed by atoms with Crippen molar-refractivity contribution in [2.45, 2.75) is 26.6 Å². The highest BCUT2D eigenvalue weighted by Crippen LogP contribution is 2.22. The maximum atomic E-state index is 4.18. The second-order valence-corrected chi connectivity index (χ2v) is 6.73. The van der Waals surface area contributed by atoms with E-state index < -0.39 is 0 Å². The largest absolute Gasteiger partial charge is 0.348 e. The molecule has 4 rings (SSSR count). The van der Waals surface area contributed by atoms with Gasteiger partial charge in [0, 0.05) is 62.9 Å². The van der Waals surface area contributed by atoms with Crippen LogP contribution in [0.1, 0.15) is 12.5 Å². The Hall–Kier alpha value is -2.18. The fourth-order valence-electron chi connectivity index (χ4n) is 3.70. The van der Waals surface area contributed by atoms with Crippen LogP contribution in [0.2, 0.25) is 0 Å². The average molecular weight is 338 g/mol. The number of hydrogen-bond donors (Lipinski definition) is 0. The lowest BCUT2D eigenvalue weighted by atomic mass is 10.1. The van der Waals surface area contributed by atoms with Crippen molar-refractivity contribution in [2.75, 3.05) is 32.7 Å². The number of benzene rings is 1. The molecular formula is C19H26N6. The van der Waals surface area contributed by atoms with E-state index in [1.54, 1.807) is 12.7 Å². The van der Waals surface area contributed by atoms with Crippen molar-refractivity contribution in [3.63, 3.8) is 0 Å². The summed E-state index contributed by atoms with van der Waals surface area (Å²) in [5.41, 5.74) is 2.80. The molecule has 1 aliphatic rings. The van der Waals surface area contributed by atoms with E-state index in [2.05, 4.69) is 61.8 Å². The Balaban J connectivity index is 1.33. The lowest BCUT2D eigenvalue weighted by Gasteiger charge is -2.34. The standard InChI is InChI=1S/C19H26N6/c1-2-24-7-6-18-17(4-3-5-19(18)24)14-23-10-8-22(9-11-23)12-13-25-16-20-15-21-25/h3-7,15-16H,2,8-14H2,1H3. The van der Waals surface area contributed by atoms with E-state index in [1.165, 1.54) is 16.5 Å². The van der Waals surface area contributed by atoms with Gasteiger partial charge in [0.2, 0.25) is 0 Å². The minimum atomic E-state index is 0.920. The molecule has 132 valence electrons. The first-order valence-electron chi connectivity index (χ1n) is 9.17. The van der Waals surface area contributed by atoms with Crippen LogP contribution in [0.5, 0.6) is 0 Å². The molecule has 1 aliphatic heterocycles. The molecular weight excluding hydrogens is 312 g/mol. The van der Waals surface area contributed by atoms with Crippen LogP contribution in [-0.4, -0.2) is 61.9 Å². The Bertz CT molecular complexity index is 799. The van der Waals surface area contributed by atoms with Crippen LogP contribution in [0.15, 0.2) is 43.1 Å². The van der Waals surface area contributed by atoms with E-state index in [-0.39, 0.29) is 0 Å². The molecule has 1 fully saturated rings. The SMILES string of the molecule is CCn1ccc2c(CN3CCN(CCn4cncn4)CC3)cccc21. The molecule has 0 amide bonds. The van der Waals surface area contributed by atoms with Crippen LogP contribution in [-0.2, 0) is 19.6 Å². The number of aryl methyl sites for hydroxylation is 1. The van der Waals surface area contributed by atoms with Gasteiger partial charge in [-0.25, -0.2) is 4.98 Å². The molecule has 3 aromatic rings. The number of fused-ring (bicyclic) bond motifs is 1. The van der Waals surface area contributed by atoms with Crippen LogP contribution in [0, 0.1) is 0 Å². The van der Waals surface area contributed by atoms with E-state index in [0.29, 0.717) is 0 Å². The van der Waals surface area contributed by atoms with Gasteiger partial charge >= 0.3 is 0 Å². The quantitative estimate of drug-likeness (QED) is 0.690. The first kappa shape index (κ1) is 16.3. The Morgan fingerprint density at radius 1 is 1.00 bits per heavy atom. The molecule has 6 heteroatoms. The molecule has 6 nitrogen and oxygen atoms in total. The van der Waals surface area contributed by atoms with Gasteiger partial charge in [-0.05, 0) is 24.6 Å². The molecule has 25 heavy (non-hydrogen) atoms. The number of hydrogen-bond acceptors (Lipinski definition) is 4. The van der Waals surface area contributed by atoms with Gasteiger partial charge in [-0.2, -0.15) is 5.10 Å². The number of aromatic nitrogens is 4. The maximum absolute atomic E-state index is 4.18. The van der Waals surface area contributed by atoms with Gasteiger partial charge < -0.3 is 4.57 Å². The summed E-state index contributed by atoms with van der Waals surface area (Å²) < 4.78 is 4.23. The summed E-state index contributed by atoms with van der Waals surface area (Å²) in [5, 5.41) is 5.58. The predicted molar refractivity (Wildman–Crippen MR) is 99.4 cm³/mol. The van der Waals surface area contributed by atoms with Crippen LogP contribution in [0.4, 0.5) is 0 Å². The monoisotopic (exact) mass is 338 g/mol. The molecule has 0 spiro atoms. The number of nitrogens with zero attached hydrogens (tertiary/aromatic N) is 6. The summed E-state index contributed by atoms with van der Waals surface area (Å²) in [4.78, 5) is 9.09. The fraction of sp³-hybridized carbons (Fsp3) is 0.474. The smallest absolute Gasteiger partial charge is 0.137 e. The second kappa shape index (κ2) is 7.37. The van der Waals surface area contributed by atoms with Crippen LogP contribution < -0.4 is 0 Å². The van der Waals surface area contributed by atoms with Gasteiger partial charge in [-0.3, -0.25) is 14.5 Å². The molecule has 0 radical (unpaired) electrons. The summed E-state index contributed by atoms with van der Waals surface area (Å²) >= 11 is 0. The fourth-order valence-corrected chi connectivity index (χ4v) is 3.70. The highest BCUT2D eigenvalue weighted by Gasteiger charge is 2.17. The highest BCUT2D eigenvalue weighted by molar-refractivity contribution is 5.83. The van der Waals surface area contributed by atoms with Crippen molar-refractivity contribution in [1.82, 2.24) is 29.1 Å². The molecule has 0 bridgehead atoms. The van der Waals surface area contributed by atoms with Gasteiger partial charge in [0.15, 0.2) is 0 Å². The molecule has 0 saturated carbocycles. The Morgan fingerprint density at radius 2 is 1.84 bits per heavy atom. The molecule has 0 atom stereocenters. The normalized spacial score (nSPS) is 16.7. The Labute approximate surface area is 148 Å². The molecule has 0 N–H and O–H groups in total. The van der Waals surface area contributed by atoms with Crippen molar-refractivity contribution in [3.05, 3.63) is 48.7 Å². The third kappa shape index (κ3) is 3.60. The van der Waals surface area contributed by atoms with E-state index in [0.717, 1.165) is 52.4 Å². The zero-order valence-corrected chi connectivity index (χ0v) is 14.9. The predicted octanol–water partition coefficient (Wildman–Crippen LogP) is 2.07. The van der Waals surface area contributed by atoms with Crippen molar-refractivity contribution >= 4 is 10.9 Å². The van der Waals surface area contributed by atoms with Gasteiger partial charge in [0.25, 0.3) is 0 Å². The summed E-state index contributed by atoms with van der Waals surface area (Å²) in [5.74, 6) is 0. The number of piperazine rings is 1.